The number of benzene rings is 2. The first kappa shape index (κ1) is 21.0. The van der Waals surface area contributed by atoms with Crippen molar-refractivity contribution in [2.75, 3.05) is 38.2 Å². The number of morpholine rings is 1. The largest absolute Gasteiger partial charge is 0.379 e. The summed E-state index contributed by atoms with van der Waals surface area (Å²) in [6.07, 6.45) is 1.03. The first-order valence-electron chi connectivity index (χ1n) is 10.5. The number of nitrogens with one attached hydrogen (secondary N) is 2. The van der Waals surface area contributed by atoms with Gasteiger partial charge in [0, 0.05) is 31.7 Å². The zero-order valence-electron chi connectivity index (χ0n) is 17.3. The van der Waals surface area contributed by atoms with Crippen LogP contribution in [0, 0.1) is 0 Å². The van der Waals surface area contributed by atoms with Gasteiger partial charge in [0.2, 0.25) is 5.91 Å². The first-order chi connectivity index (χ1) is 15.1. The van der Waals surface area contributed by atoms with Gasteiger partial charge in [-0.3, -0.25) is 24.4 Å². The Bertz CT molecular complexity index is 1160. The fourth-order valence-corrected chi connectivity index (χ4v) is 3.71. The van der Waals surface area contributed by atoms with Gasteiger partial charge in [-0.2, -0.15) is 0 Å². The molecule has 1 aliphatic heterocycles. The number of rotatable bonds is 7. The van der Waals surface area contributed by atoms with Crippen LogP contribution in [0.3, 0.4) is 0 Å². The van der Waals surface area contributed by atoms with E-state index in [1.807, 2.05) is 24.3 Å². The summed E-state index contributed by atoms with van der Waals surface area (Å²) in [6, 6.07) is 14.4. The van der Waals surface area contributed by atoms with Crippen molar-refractivity contribution in [3.8, 4) is 0 Å². The van der Waals surface area contributed by atoms with E-state index >= 15 is 0 Å². The van der Waals surface area contributed by atoms with Crippen LogP contribution in [0.5, 0.6) is 0 Å². The number of hydrogen-bond acceptors (Lipinski definition) is 5. The summed E-state index contributed by atoms with van der Waals surface area (Å²) in [5.41, 5.74) is 1.26. The van der Waals surface area contributed by atoms with Gasteiger partial charge >= 0.3 is 0 Å². The van der Waals surface area contributed by atoms with E-state index in [2.05, 4.69) is 15.3 Å². The lowest BCUT2D eigenvalue weighted by atomic mass is 10.1. The maximum atomic E-state index is 12.5. The predicted octanol–water partition coefficient (Wildman–Crippen LogP) is 1.59. The molecule has 1 fully saturated rings. The number of aromatic amines is 1. The average molecular weight is 422 g/mol. The Hall–Kier alpha value is -3.23. The molecule has 1 aromatic heterocycles. The van der Waals surface area contributed by atoms with Gasteiger partial charge in [0.05, 0.1) is 30.5 Å². The smallest absolute Gasteiger partial charge is 0.273 e. The van der Waals surface area contributed by atoms with Crippen molar-refractivity contribution in [2.24, 2.45) is 0 Å². The minimum absolute atomic E-state index is 0.0764. The monoisotopic (exact) mass is 422 g/mol. The van der Waals surface area contributed by atoms with Crippen LogP contribution in [0.4, 0.5) is 5.69 Å². The number of amides is 1. The number of H-pyrrole nitrogens is 1. The summed E-state index contributed by atoms with van der Waals surface area (Å²) in [5, 5.41) is 6.08. The molecule has 0 radical (unpaired) electrons. The van der Waals surface area contributed by atoms with Gasteiger partial charge in [0.15, 0.2) is 0 Å². The number of ether oxygens (including phenoxy) is 1. The normalized spacial score (nSPS) is 14.6. The van der Waals surface area contributed by atoms with Crippen LogP contribution >= 0.6 is 0 Å². The van der Waals surface area contributed by atoms with E-state index in [1.54, 1.807) is 24.3 Å². The molecule has 2 aromatic carbocycles. The molecular weight excluding hydrogens is 396 g/mol. The highest BCUT2D eigenvalue weighted by Crippen LogP contribution is 2.11. The Kier molecular flexibility index (Phi) is 6.59. The highest BCUT2D eigenvalue weighted by Gasteiger charge is 2.11. The van der Waals surface area contributed by atoms with E-state index in [-0.39, 0.29) is 30.0 Å². The van der Waals surface area contributed by atoms with Gasteiger partial charge in [-0.05, 0) is 36.2 Å². The molecule has 0 aliphatic carbocycles. The first-order valence-corrected chi connectivity index (χ1v) is 10.5. The van der Waals surface area contributed by atoms with Gasteiger partial charge in [0.1, 0.15) is 0 Å². The molecule has 2 N–H and O–H groups in total. The number of aromatic nitrogens is 2. The van der Waals surface area contributed by atoms with Crippen molar-refractivity contribution in [3.63, 3.8) is 0 Å². The molecule has 1 saturated heterocycles. The molecule has 0 bridgehead atoms. The molecule has 0 spiro atoms. The van der Waals surface area contributed by atoms with Gasteiger partial charge in [0.25, 0.3) is 11.1 Å². The number of anilines is 1. The third-order valence-electron chi connectivity index (χ3n) is 5.50. The topological polar surface area (TPSA) is 96.4 Å². The van der Waals surface area contributed by atoms with E-state index < -0.39 is 0 Å². The number of hydrogen-bond donors (Lipinski definition) is 2. The summed E-state index contributed by atoms with van der Waals surface area (Å²) in [6.45, 7) is 4.63. The number of nitrogens with zero attached hydrogens (tertiary/aromatic N) is 2. The fraction of sp³-hybridized carbons (Fsp3) is 0.348. The lowest BCUT2D eigenvalue weighted by molar-refractivity contribution is -0.116. The second-order valence-corrected chi connectivity index (χ2v) is 7.64. The zero-order valence-corrected chi connectivity index (χ0v) is 17.3. The standard InChI is InChI=1S/C23H26N4O4/c28-21(10-12-27-23(30)20-4-2-1-3-19(20)22(29)25-27)24-18-7-5-17(6-8-18)9-11-26-13-15-31-16-14-26/h1-8H,9-16H2,(H,24,28)(H,25,29). The quantitative estimate of drug-likeness (QED) is 0.603. The van der Waals surface area contributed by atoms with Crippen LogP contribution in [-0.4, -0.2) is 53.4 Å². The van der Waals surface area contributed by atoms with Crippen molar-refractivity contribution >= 4 is 22.4 Å². The molecule has 1 amide bonds. The SMILES string of the molecule is O=C(CCn1[nH]c(=O)c2ccccc2c1=O)Nc1ccc(CCN2CCOCC2)cc1. The number of fused-ring (bicyclic) bond motifs is 1. The van der Waals surface area contributed by atoms with Crippen LogP contribution in [-0.2, 0) is 22.5 Å². The summed E-state index contributed by atoms with van der Waals surface area (Å²) >= 11 is 0. The lowest BCUT2D eigenvalue weighted by Crippen LogP contribution is -2.37. The fourth-order valence-electron chi connectivity index (χ4n) is 3.71. The van der Waals surface area contributed by atoms with Gasteiger partial charge in [-0.1, -0.05) is 24.3 Å². The highest BCUT2D eigenvalue weighted by molar-refractivity contribution is 5.90. The molecule has 0 atom stereocenters. The molecule has 3 aromatic rings. The van der Waals surface area contributed by atoms with Crippen LogP contribution < -0.4 is 16.4 Å². The van der Waals surface area contributed by atoms with E-state index in [0.29, 0.717) is 16.5 Å². The van der Waals surface area contributed by atoms with Crippen molar-refractivity contribution < 1.29 is 9.53 Å². The highest BCUT2D eigenvalue weighted by atomic mass is 16.5. The number of carbonyl (C=O) groups excluding carboxylic acids is 1. The average Bonchev–Trinajstić information content (AvgIpc) is 2.81. The minimum Gasteiger partial charge on any atom is -0.379 e. The Morgan fingerprint density at radius 2 is 1.68 bits per heavy atom. The maximum Gasteiger partial charge on any atom is 0.273 e. The third-order valence-corrected chi connectivity index (χ3v) is 5.50. The van der Waals surface area contributed by atoms with Crippen LogP contribution in [0.25, 0.3) is 10.8 Å². The van der Waals surface area contributed by atoms with Gasteiger partial charge < -0.3 is 10.1 Å². The Balaban J connectivity index is 1.31. The molecule has 31 heavy (non-hydrogen) atoms. The second-order valence-electron chi connectivity index (χ2n) is 7.64. The summed E-state index contributed by atoms with van der Waals surface area (Å²) in [7, 11) is 0. The Morgan fingerprint density at radius 3 is 2.42 bits per heavy atom. The molecule has 2 heterocycles. The van der Waals surface area contributed by atoms with E-state index in [4.69, 9.17) is 4.74 Å². The lowest BCUT2D eigenvalue weighted by Gasteiger charge is -2.26. The Morgan fingerprint density at radius 1 is 0.968 bits per heavy atom. The van der Waals surface area contributed by atoms with E-state index in [0.717, 1.165) is 39.3 Å². The molecule has 4 rings (SSSR count). The summed E-state index contributed by atoms with van der Waals surface area (Å²) in [5.74, 6) is -0.220. The molecule has 1 aliphatic rings. The zero-order chi connectivity index (χ0) is 21.6. The molecule has 8 nitrogen and oxygen atoms in total. The van der Waals surface area contributed by atoms with Crippen molar-refractivity contribution in [3.05, 3.63) is 74.8 Å². The second kappa shape index (κ2) is 9.72. The number of aryl methyl sites for hydroxylation is 1. The van der Waals surface area contributed by atoms with Gasteiger partial charge in [-0.15, -0.1) is 0 Å². The molecule has 0 saturated carbocycles. The summed E-state index contributed by atoms with van der Waals surface area (Å²) in [4.78, 5) is 39.4. The van der Waals surface area contributed by atoms with Crippen molar-refractivity contribution in [2.45, 2.75) is 19.4 Å². The van der Waals surface area contributed by atoms with Crippen molar-refractivity contribution in [1.82, 2.24) is 14.7 Å². The van der Waals surface area contributed by atoms with Crippen LogP contribution in [0.1, 0.15) is 12.0 Å². The third kappa shape index (κ3) is 5.28. The Labute approximate surface area is 179 Å². The van der Waals surface area contributed by atoms with Crippen LogP contribution in [0.2, 0.25) is 0 Å². The maximum absolute atomic E-state index is 12.5. The molecule has 0 unspecified atom stereocenters. The predicted molar refractivity (Wildman–Crippen MR) is 119 cm³/mol. The molecular formula is C23H26N4O4. The van der Waals surface area contributed by atoms with Crippen LogP contribution in [0.15, 0.2) is 58.1 Å². The van der Waals surface area contributed by atoms with E-state index in [9.17, 15) is 14.4 Å². The van der Waals surface area contributed by atoms with Crippen molar-refractivity contribution in [1.29, 1.82) is 0 Å². The van der Waals surface area contributed by atoms with Gasteiger partial charge in [-0.25, -0.2) is 4.68 Å². The molecule has 8 heteroatoms. The molecule has 162 valence electrons. The number of carbonyl (C=O) groups is 1. The van der Waals surface area contributed by atoms with E-state index in [1.165, 1.54) is 10.2 Å². The minimum atomic E-state index is -0.344. The summed E-state index contributed by atoms with van der Waals surface area (Å²) < 4.78 is 6.56.